The van der Waals surface area contributed by atoms with Crippen molar-refractivity contribution in [1.82, 2.24) is 0 Å². The smallest absolute Gasteiger partial charge is 0.159 e. The molecule has 0 radical (unpaired) electrons. The van der Waals surface area contributed by atoms with E-state index in [1.54, 1.807) is 12.1 Å². The molecular weight excluding hydrogens is 255 g/mol. The number of carbonyl (C=O) groups excluding carboxylic acids is 1. The highest BCUT2D eigenvalue weighted by Crippen LogP contribution is 2.40. The summed E-state index contributed by atoms with van der Waals surface area (Å²) in [7, 11) is 0. The van der Waals surface area contributed by atoms with Crippen LogP contribution in [0.15, 0.2) is 29.8 Å². The van der Waals surface area contributed by atoms with Crippen molar-refractivity contribution >= 4 is 29.0 Å². The molecule has 0 amide bonds. The van der Waals surface area contributed by atoms with Crippen molar-refractivity contribution in [2.45, 2.75) is 26.2 Å². The summed E-state index contributed by atoms with van der Waals surface area (Å²) in [4.78, 5) is 11.8. The molecule has 3 heteroatoms. The second-order valence-electron chi connectivity index (χ2n) is 4.64. The Labute approximate surface area is 111 Å². The number of ketones is 1. The topological polar surface area (TPSA) is 17.1 Å². The molecule has 2 atom stereocenters. The van der Waals surface area contributed by atoms with E-state index in [9.17, 15) is 4.79 Å². The lowest BCUT2D eigenvalue weighted by molar-refractivity contribution is -0.118. The number of allylic oxidation sites excluding steroid dienone is 2. The van der Waals surface area contributed by atoms with Gasteiger partial charge in [-0.1, -0.05) is 47.8 Å². The Morgan fingerprint density at radius 1 is 1.29 bits per heavy atom. The molecule has 2 unspecified atom stereocenters. The van der Waals surface area contributed by atoms with Crippen molar-refractivity contribution in [1.29, 1.82) is 0 Å². The molecule has 0 fully saturated rings. The summed E-state index contributed by atoms with van der Waals surface area (Å²) < 4.78 is 0. The molecule has 0 heterocycles. The van der Waals surface area contributed by atoms with Gasteiger partial charge in [0.15, 0.2) is 5.78 Å². The zero-order valence-corrected chi connectivity index (χ0v) is 11.3. The van der Waals surface area contributed by atoms with Crippen molar-refractivity contribution in [2.75, 3.05) is 0 Å². The predicted octanol–water partition coefficient (Wildman–Crippen LogP) is 4.63. The minimum atomic E-state index is -0.0327. The van der Waals surface area contributed by atoms with E-state index in [2.05, 4.69) is 0 Å². The van der Waals surface area contributed by atoms with E-state index in [4.69, 9.17) is 23.2 Å². The van der Waals surface area contributed by atoms with Crippen LogP contribution in [-0.2, 0) is 4.79 Å². The second-order valence-corrected chi connectivity index (χ2v) is 5.42. The molecular formula is C14H14Cl2O. The molecule has 0 saturated heterocycles. The first kappa shape index (κ1) is 12.7. The summed E-state index contributed by atoms with van der Waals surface area (Å²) in [5.41, 5.74) is 2.08. The molecule has 0 N–H and O–H groups in total. The van der Waals surface area contributed by atoms with Gasteiger partial charge in [-0.15, -0.1) is 0 Å². The summed E-state index contributed by atoms with van der Waals surface area (Å²) >= 11 is 12.2. The van der Waals surface area contributed by atoms with Crippen LogP contribution < -0.4 is 0 Å². The SMILES string of the molecule is CC1=CC(=O)C(C)C(c2cccc(Cl)c2Cl)C1. The first-order valence-corrected chi connectivity index (χ1v) is 6.41. The highest BCUT2D eigenvalue weighted by atomic mass is 35.5. The molecule has 0 spiro atoms. The quantitative estimate of drug-likeness (QED) is 0.726. The van der Waals surface area contributed by atoms with Crippen molar-refractivity contribution in [3.63, 3.8) is 0 Å². The zero-order valence-electron chi connectivity index (χ0n) is 9.84. The second kappa shape index (κ2) is 4.83. The maximum absolute atomic E-state index is 11.8. The molecule has 90 valence electrons. The summed E-state index contributed by atoms with van der Waals surface area (Å²) in [6.07, 6.45) is 2.60. The number of hydrogen-bond acceptors (Lipinski definition) is 1. The molecule has 0 bridgehead atoms. The Bertz CT molecular complexity index is 491. The number of hydrogen-bond donors (Lipinski definition) is 0. The highest BCUT2D eigenvalue weighted by Gasteiger charge is 2.30. The lowest BCUT2D eigenvalue weighted by Crippen LogP contribution is -2.23. The van der Waals surface area contributed by atoms with Crippen LogP contribution in [0.2, 0.25) is 10.0 Å². The summed E-state index contributed by atoms with van der Waals surface area (Å²) in [5.74, 6) is 0.281. The number of benzene rings is 1. The maximum atomic E-state index is 11.8. The van der Waals surface area contributed by atoms with Gasteiger partial charge in [0, 0.05) is 5.92 Å². The van der Waals surface area contributed by atoms with Gasteiger partial charge >= 0.3 is 0 Å². The Hall–Kier alpha value is -0.790. The normalized spacial score (nSPS) is 24.7. The van der Waals surface area contributed by atoms with Gasteiger partial charge in [0.2, 0.25) is 0 Å². The van der Waals surface area contributed by atoms with E-state index >= 15 is 0 Å². The molecule has 2 rings (SSSR count). The molecule has 1 nitrogen and oxygen atoms in total. The molecule has 1 aromatic rings. The number of halogens is 2. The van der Waals surface area contributed by atoms with E-state index in [1.807, 2.05) is 26.0 Å². The van der Waals surface area contributed by atoms with E-state index in [0.717, 1.165) is 17.6 Å². The van der Waals surface area contributed by atoms with Crippen molar-refractivity contribution in [3.05, 3.63) is 45.5 Å². The van der Waals surface area contributed by atoms with Crippen LogP contribution in [0.1, 0.15) is 31.7 Å². The maximum Gasteiger partial charge on any atom is 0.159 e. The average Bonchev–Trinajstić information content (AvgIpc) is 2.27. The lowest BCUT2D eigenvalue weighted by atomic mass is 9.76. The molecule has 1 aromatic carbocycles. The van der Waals surface area contributed by atoms with E-state index in [1.165, 1.54) is 0 Å². The van der Waals surface area contributed by atoms with Gasteiger partial charge in [0.25, 0.3) is 0 Å². The molecule has 1 aliphatic rings. The lowest BCUT2D eigenvalue weighted by Gasteiger charge is -2.28. The molecule has 0 saturated carbocycles. The Morgan fingerprint density at radius 3 is 2.71 bits per heavy atom. The Kier molecular flexibility index (Phi) is 3.60. The summed E-state index contributed by atoms with van der Waals surface area (Å²) in [5, 5.41) is 1.13. The third-order valence-corrected chi connectivity index (χ3v) is 4.20. The van der Waals surface area contributed by atoms with Gasteiger partial charge < -0.3 is 0 Å². The fourth-order valence-electron chi connectivity index (χ4n) is 2.34. The van der Waals surface area contributed by atoms with Crippen molar-refractivity contribution in [3.8, 4) is 0 Å². The molecule has 0 aromatic heterocycles. The van der Waals surface area contributed by atoms with Crippen LogP contribution in [-0.4, -0.2) is 5.78 Å². The third kappa shape index (κ3) is 2.41. The average molecular weight is 269 g/mol. The van der Waals surface area contributed by atoms with Crippen molar-refractivity contribution < 1.29 is 4.79 Å². The van der Waals surface area contributed by atoms with Gasteiger partial charge in [0.1, 0.15) is 0 Å². The van der Waals surface area contributed by atoms with Crippen LogP contribution in [0.3, 0.4) is 0 Å². The van der Waals surface area contributed by atoms with Crippen molar-refractivity contribution in [2.24, 2.45) is 5.92 Å². The fraction of sp³-hybridized carbons (Fsp3) is 0.357. The van der Waals surface area contributed by atoms with Gasteiger partial charge in [-0.25, -0.2) is 0 Å². The van der Waals surface area contributed by atoms with Crippen LogP contribution in [0, 0.1) is 5.92 Å². The molecule has 1 aliphatic carbocycles. The largest absolute Gasteiger partial charge is 0.295 e. The standard InChI is InChI=1S/C14H14Cl2O/c1-8-6-11(9(2)13(17)7-8)10-4-3-5-12(15)14(10)16/h3-5,7,9,11H,6H2,1-2H3. The Balaban J connectivity index is 2.44. The van der Waals surface area contributed by atoms with Gasteiger partial charge in [0.05, 0.1) is 10.0 Å². The van der Waals surface area contributed by atoms with Crippen LogP contribution >= 0.6 is 23.2 Å². The Morgan fingerprint density at radius 2 is 2.00 bits per heavy atom. The van der Waals surface area contributed by atoms with E-state index < -0.39 is 0 Å². The van der Waals surface area contributed by atoms with Gasteiger partial charge in [-0.05, 0) is 37.0 Å². The predicted molar refractivity (Wildman–Crippen MR) is 71.7 cm³/mol. The zero-order chi connectivity index (χ0) is 12.6. The third-order valence-electron chi connectivity index (χ3n) is 3.36. The summed E-state index contributed by atoms with van der Waals surface area (Å²) in [6.45, 7) is 3.93. The van der Waals surface area contributed by atoms with E-state index in [0.29, 0.717) is 10.0 Å². The minimum absolute atomic E-state index is 0.0327. The summed E-state index contributed by atoms with van der Waals surface area (Å²) in [6, 6.07) is 5.61. The fourth-order valence-corrected chi connectivity index (χ4v) is 2.79. The molecule has 17 heavy (non-hydrogen) atoms. The van der Waals surface area contributed by atoms with Gasteiger partial charge in [-0.2, -0.15) is 0 Å². The first-order valence-electron chi connectivity index (χ1n) is 5.65. The van der Waals surface area contributed by atoms with E-state index in [-0.39, 0.29) is 17.6 Å². The van der Waals surface area contributed by atoms with Gasteiger partial charge in [-0.3, -0.25) is 4.79 Å². The first-order chi connectivity index (χ1) is 8.00. The van der Waals surface area contributed by atoms with Crippen LogP contribution in [0.4, 0.5) is 0 Å². The van der Waals surface area contributed by atoms with Crippen LogP contribution in [0.5, 0.6) is 0 Å². The molecule has 0 aliphatic heterocycles. The number of carbonyl (C=O) groups is 1. The number of rotatable bonds is 1. The monoisotopic (exact) mass is 268 g/mol. The highest BCUT2D eigenvalue weighted by molar-refractivity contribution is 6.42. The van der Waals surface area contributed by atoms with Crippen LogP contribution in [0.25, 0.3) is 0 Å². The minimum Gasteiger partial charge on any atom is -0.295 e.